The van der Waals surface area contributed by atoms with Crippen LogP contribution in [-0.2, 0) is 24.2 Å². The summed E-state index contributed by atoms with van der Waals surface area (Å²) in [6.45, 7) is 4.09. The van der Waals surface area contributed by atoms with Crippen LogP contribution in [0.2, 0.25) is 0 Å². The summed E-state index contributed by atoms with van der Waals surface area (Å²) in [7, 11) is 0. The molecule has 0 radical (unpaired) electrons. The Hall–Kier alpha value is -2.64. The molecule has 4 heteroatoms. The van der Waals surface area contributed by atoms with E-state index in [0.29, 0.717) is 6.54 Å². The number of aliphatic hydroxyl groups is 1. The highest BCUT2D eigenvalue weighted by molar-refractivity contribution is 5.79. The van der Waals surface area contributed by atoms with Crippen molar-refractivity contribution in [2.24, 2.45) is 0 Å². The topological polar surface area (TPSA) is 64.3 Å². The van der Waals surface area contributed by atoms with Crippen molar-refractivity contribution in [1.82, 2.24) is 4.90 Å². The predicted octanol–water partition coefficient (Wildman–Crippen LogP) is 3.09. The highest BCUT2D eigenvalue weighted by Crippen LogP contribution is 2.15. The Labute approximate surface area is 149 Å². The standard InChI is InChI=1S/C21H24N2O2/c1-21(2,25)16-23(15-17-8-4-3-5-9-17)20(24)14-19-11-7-6-10-18(19)12-13-22/h3-11,25H,12,14-16H2,1-2H3. The van der Waals surface area contributed by atoms with E-state index < -0.39 is 5.60 Å². The summed E-state index contributed by atoms with van der Waals surface area (Å²) < 4.78 is 0. The minimum Gasteiger partial charge on any atom is -0.389 e. The molecule has 2 rings (SSSR count). The summed E-state index contributed by atoms with van der Waals surface area (Å²) >= 11 is 0. The predicted molar refractivity (Wildman–Crippen MR) is 97.6 cm³/mol. The lowest BCUT2D eigenvalue weighted by Crippen LogP contribution is -2.42. The maximum absolute atomic E-state index is 12.9. The first kappa shape index (κ1) is 18.7. The van der Waals surface area contributed by atoms with E-state index in [1.54, 1.807) is 18.7 Å². The Bertz CT molecular complexity index is 742. The Kier molecular flexibility index (Phi) is 6.32. The van der Waals surface area contributed by atoms with Crippen LogP contribution in [0.3, 0.4) is 0 Å². The molecule has 0 aliphatic heterocycles. The number of benzene rings is 2. The first-order chi connectivity index (χ1) is 11.9. The van der Waals surface area contributed by atoms with E-state index >= 15 is 0 Å². The highest BCUT2D eigenvalue weighted by atomic mass is 16.3. The van der Waals surface area contributed by atoms with Crippen LogP contribution in [0.1, 0.15) is 30.5 Å². The Balaban J connectivity index is 2.19. The number of carbonyl (C=O) groups excluding carboxylic acids is 1. The van der Waals surface area contributed by atoms with E-state index in [1.165, 1.54) is 0 Å². The second-order valence-electron chi connectivity index (χ2n) is 6.83. The zero-order valence-electron chi connectivity index (χ0n) is 14.8. The van der Waals surface area contributed by atoms with E-state index in [-0.39, 0.29) is 25.3 Å². The Morgan fingerprint density at radius 3 is 2.28 bits per heavy atom. The van der Waals surface area contributed by atoms with Crippen LogP contribution in [-0.4, -0.2) is 28.1 Å². The second kappa shape index (κ2) is 8.46. The van der Waals surface area contributed by atoms with Gasteiger partial charge in [0.1, 0.15) is 0 Å². The van der Waals surface area contributed by atoms with Crippen LogP contribution in [0.25, 0.3) is 0 Å². The number of carbonyl (C=O) groups is 1. The van der Waals surface area contributed by atoms with Gasteiger partial charge in [-0.05, 0) is 30.5 Å². The number of rotatable bonds is 7. The third kappa shape index (κ3) is 6.06. The number of nitrogens with zero attached hydrogens (tertiary/aromatic N) is 2. The van der Waals surface area contributed by atoms with Gasteiger partial charge in [-0.1, -0.05) is 54.6 Å². The smallest absolute Gasteiger partial charge is 0.227 e. The van der Waals surface area contributed by atoms with Crippen molar-refractivity contribution in [2.45, 2.75) is 38.8 Å². The molecule has 0 bridgehead atoms. The average molecular weight is 336 g/mol. The molecule has 0 aliphatic rings. The zero-order chi connectivity index (χ0) is 18.3. The van der Waals surface area contributed by atoms with Crippen LogP contribution in [0, 0.1) is 11.3 Å². The number of hydrogen-bond acceptors (Lipinski definition) is 3. The van der Waals surface area contributed by atoms with Gasteiger partial charge in [0.15, 0.2) is 0 Å². The van der Waals surface area contributed by atoms with Crippen LogP contribution < -0.4 is 0 Å². The van der Waals surface area contributed by atoms with Crippen LogP contribution in [0.5, 0.6) is 0 Å². The lowest BCUT2D eigenvalue weighted by atomic mass is 10.0. The van der Waals surface area contributed by atoms with Crippen LogP contribution in [0.4, 0.5) is 0 Å². The fraction of sp³-hybridized carbons (Fsp3) is 0.333. The van der Waals surface area contributed by atoms with E-state index in [0.717, 1.165) is 16.7 Å². The quantitative estimate of drug-likeness (QED) is 0.845. The normalized spacial score (nSPS) is 11.0. The van der Waals surface area contributed by atoms with Crippen molar-refractivity contribution >= 4 is 5.91 Å². The van der Waals surface area contributed by atoms with Crippen LogP contribution >= 0.6 is 0 Å². The van der Waals surface area contributed by atoms with Crippen molar-refractivity contribution < 1.29 is 9.90 Å². The summed E-state index contributed by atoms with van der Waals surface area (Å²) in [6.07, 6.45) is 0.508. The fourth-order valence-corrected chi connectivity index (χ4v) is 2.77. The minimum atomic E-state index is -0.976. The third-order valence-corrected chi connectivity index (χ3v) is 3.88. The van der Waals surface area contributed by atoms with E-state index in [9.17, 15) is 9.90 Å². The Morgan fingerprint density at radius 2 is 1.68 bits per heavy atom. The summed E-state index contributed by atoms with van der Waals surface area (Å²) in [5.41, 5.74) is 1.78. The molecule has 2 aromatic carbocycles. The minimum absolute atomic E-state index is 0.0589. The molecule has 25 heavy (non-hydrogen) atoms. The number of amides is 1. The van der Waals surface area contributed by atoms with Crippen molar-refractivity contribution in [1.29, 1.82) is 5.26 Å². The molecule has 0 spiro atoms. The summed E-state index contributed by atoms with van der Waals surface area (Å²) in [6, 6.07) is 19.4. The largest absolute Gasteiger partial charge is 0.389 e. The van der Waals surface area contributed by atoms with Gasteiger partial charge in [-0.15, -0.1) is 0 Å². The molecule has 0 unspecified atom stereocenters. The van der Waals surface area contributed by atoms with Crippen molar-refractivity contribution in [3.05, 3.63) is 71.3 Å². The van der Waals surface area contributed by atoms with E-state index in [2.05, 4.69) is 6.07 Å². The molecule has 4 nitrogen and oxygen atoms in total. The molecule has 0 saturated carbocycles. The van der Waals surface area contributed by atoms with Gasteiger partial charge < -0.3 is 10.0 Å². The molecule has 1 N–H and O–H groups in total. The molecule has 2 aromatic rings. The summed E-state index contributed by atoms with van der Waals surface area (Å²) in [5, 5.41) is 19.1. The van der Waals surface area contributed by atoms with Gasteiger partial charge >= 0.3 is 0 Å². The third-order valence-electron chi connectivity index (χ3n) is 3.88. The van der Waals surface area contributed by atoms with Gasteiger partial charge in [0.25, 0.3) is 0 Å². The van der Waals surface area contributed by atoms with Gasteiger partial charge in [0, 0.05) is 13.1 Å². The van der Waals surface area contributed by atoms with Gasteiger partial charge in [-0.25, -0.2) is 0 Å². The maximum Gasteiger partial charge on any atom is 0.227 e. The first-order valence-corrected chi connectivity index (χ1v) is 8.37. The van der Waals surface area contributed by atoms with Gasteiger partial charge in [0.2, 0.25) is 5.91 Å². The van der Waals surface area contributed by atoms with E-state index in [1.807, 2.05) is 54.6 Å². The molecule has 1 amide bonds. The highest BCUT2D eigenvalue weighted by Gasteiger charge is 2.23. The lowest BCUT2D eigenvalue weighted by molar-refractivity contribution is -0.134. The maximum atomic E-state index is 12.9. The second-order valence-corrected chi connectivity index (χ2v) is 6.83. The molecule has 130 valence electrons. The molecule has 0 aromatic heterocycles. The molecule has 0 heterocycles. The van der Waals surface area contributed by atoms with Gasteiger partial charge in [-0.3, -0.25) is 4.79 Å². The molecular formula is C21H24N2O2. The summed E-state index contributed by atoms with van der Waals surface area (Å²) in [4.78, 5) is 14.6. The molecular weight excluding hydrogens is 312 g/mol. The SMILES string of the molecule is CC(C)(O)CN(Cc1ccccc1)C(=O)Cc1ccccc1CC#N. The molecule has 0 fully saturated rings. The lowest BCUT2D eigenvalue weighted by Gasteiger charge is -2.29. The number of hydrogen-bond donors (Lipinski definition) is 1. The average Bonchev–Trinajstić information content (AvgIpc) is 2.56. The van der Waals surface area contributed by atoms with Gasteiger partial charge in [0.05, 0.1) is 24.5 Å². The molecule has 0 saturated heterocycles. The fourth-order valence-electron chi connectivity index (χ4n) is 2.77. The van der Waals surface area contributed by atoms with Crippen molar-refractivity contribution in [3.8, 4) is 6.07 Å². The zero-order valence-corrected chi connectivity index (χ0v) is 14.8. The Morgan fingerprint density at radius 1 is 1.08 bits per heavy atom. The van der Waals surface area contributed by atoms with Crippen molar-refractivity contribution in [3.63, 3.8) is 0 Å². The monoisotopic (exact) mass is 336 g/mol. The van der Waals surface area contributed by atoms with Crippen molar-refractivity contribution in [2.75, 3.05) is 6.54 Å². The number of nitriles is 1. The van der Waals surface area contributed by atoms with E-state index in [4.69, 9.17) is 5.26 Å². The molecule has 0 atom stereocenters. The van der Waals surface area contributed by atoms with Gasteiger partial charge in [-0.2, -0.15) is 5.26 Å². The first-order valence-electron chi connectivity index (χ1n) is 8.37. The molecule has 0 aliphatic carbocycles. The summed E-state index contributed by atoms with van der Waals surface area (Å²) in [5.74, 6) is -0.0589. The van der Waals surface area contributed by atoms with Crippen LogP contribution in [0.15, 0.2) is 54.6 Å².